The normalized spacial score (nSPS) is 25.6. The zero-order chi connectivity index (χ0) is 13.0. The van der Waals surface area contributed by atoms with Gasteiger partial charge in [-0.25, -0.2) is 0 Å². The van der Waals surface area contributed by atoms with Crippen LogP contribution in [0.2, 0.25) is 0 Å². The second-order valence-corrected chi connectivity index (χ2v) is 5.51. The molecule has 0 aromatic carbocycles. The Morgan fingerprint density at radius 3 is 2.53 bits per heavy atom. The molecule has 0 saturated heterocycles. The van der Waals surface area contributed by atoms with Crippen LogP contribution in [-0.4, -0.2) is 43.5 Å². The highest BCUT2D eigenvalue weighted by molar-refractivity contribution is 5.81. The summed E-state index contributed by atoms with van der Waals surface area (Å²) in [7, 11) is 4.04. The SMILES string of the molecule is CC(C)C(CN(C)C)NC(=O)C1C=CC(N)C1. The Hall–Kier alpha value is -0.870. The summed E-state index contributed by atoms with van der Waals surface area (Å²) in [4.78, 5) is 14.1. The van der Waals surface area contributed by atoms with E-state index in [-0.39, 0.29) is 23.9 Å². The third-order valence-corrected chi connectivity index (χ3v) is 3.15. The largest absolute Gasteiger partial charge is 0.351 e. The molecule has 1 rings (SSSR count). The zero-order valence-corrected chi connectivity index (χ0v) is 11.3. The van der Waals surface area contributed by atoms with E-state index in [1.807, 2.05) is 26.2 Å². The molecule has 98 valence electrons. The summed E-state index contributed by atoms with van der Waals surface area (Å²) in [5.74, 6) is 0.489. The van der Waals surface area contributed by atoms with E-state index in [0.29, 0.717) is 5.92 Å². The average molecular weight is 239 g/mol. The van der Waals surface area contributed by atoms with Crippen LogP contribution in [-0.2, 0) is 4.79 Å². The van der Waals surface area contributed by atoms with Crippen LogP contribution in [0.4, 0.5) is 0 Å². The minimum Gasteiger partial charge on any atom is -0.351 e. The molecule has 1 aliphatic rings. The van der Waals surface area contributed by atoms with Crippen LogP contribution in [0.1, 0.15) is 20.3 Å². The van der Waals surface area contributed by atoms with Crippen LogP contribution in [0.5, 0.6) is 0 Å². The van der Waals surface area contributed by atoms with E-state index in [4.69, 9.17) is 5.73 Å². The first kappa shape index (κ1) is 14.2. The van der Waals surface area contributed by atoms with Gasteiger partial charge in [-0.05, 0) is 26.4 Å². The van der Waals surface area contributed by atoms with Gasteiger partial charge in [0.05, 0.1) is 5.92 Å². The minimum absolute atomic E-state index is 0.0390. The molecule has 4 heteroatoms. The van der Waals surface area contributed by atoms with Crippen LogP contribution in [0, 0.1) is 11.8 Å². The number of rotatable bonds is 5. The lowest BCUT2D eigenvalue weighted by molar-refractivity contribution is -0.124. The number of nitrogens with one attached hydrogen (secondary N) is 1. The molecule has 3 N–H and O–H groups in total. The molecule has 3 atom stereocenters. The first-order valence-electron chi connectivity index (χ1n) is 6.29. The first-order valence-corrected chi connectivity index (χ1v) is 6.29. The van der Waals surface area contributed by atoms with Gasteiger partial charge in [0.2, 0.25) is 5.91 Å². The van der Waals surface area contributed by atoms with Gasteiger partial charge >= 0.3 is 0 Å². The summed E-state index contributed by atoms with van der Waals surface area (Å²) in [5.41, 5.74) is 5.76. The highest BCUT2D eigenvalue weighted by Crippen LogP contribution is 2.17. The van der Waals surface area contributed by atoms with Crippen molar-refractivity contribution in [2.45, 2.75) is 32.4 Å². The Balaban J connectivity index is 2.49. The lowest BCUT2D eigenvalue weighted by atomic mass is 10.0. The van der Waals surface area contributed by atoms with E-state index < -0.39 is 0 Å². The molecule has 3 unspecified atom stereocenters. The van der Waals surface area contributed by atoms with Gasteiger partial charge in [-0.1, -0.05) is 26.0 Å². The molecule has 0 spiro atoms. The highest BCUT2D eigenvalue weighted by atomic mass is 16.1. The van der Waals surface area contributed by atoms with Crippen LogP contribution < -0.4 is 11.1 Å². The number of likely N-dealkylation sites (N-methyl/N-ethyl adjacent to an activating group) is 1. The Morgan fingerprint density at radius 2 is 2.12 bits per heavy atom. The summed E-state index contributed by atoms with van der Waals surface area (Å²) in [6, 6.07) is 0.236. The Morgan fingerprint density at radius 1 is 1.47 bits per heavy atom. The Kier molecular flexibility index (Phi) is 5.15. The van der Waals surface area contributed by atoms with E-state index in [1.165, 1.54) is 0 Å². The predicted molar refractivity (Wildman–Crippen MR) is 70.5 cm³/mol. The van der Waals surface area contributed by atoms with Gasteiger partial charge in [0.15, 0.2) is 0 Å². The highest BCUT2D eigenvalue weighted by Gasteiger charge is 2.25. The third-order valence-electron chi connectivity index (χ3n) is 3.15. The van der Waals surface area contributed by atoms with Crippen molar-refractivity contribution in [1.29, 1.82) is 0 Å². The zero-order valence-electron chi connectivity index (χ0n) is 11.3. The lowest BCUT2D eigenvalue weighted by Crippen LogP contribution is -2.46. The van der Waals surface area contributed by atoms with Gasteiger partial charge in [-0.2, -0.15) is 0 Å². The van der Waals surface area contributed by atoms with E-state index in [1.54, 1.807) is 0 Å². The quantitative estimate of drug-likeness (QED) is 0.690. The van der Waals surface area contributed by atoms with E-state index in [2.05, 4.69) is 24.1 Å². The van der Waals surface area contributed by atoms with Crippen molar-refractivity contribution in [3.8, 4) is 0 Å². The second kappa shape index (κ2) is 6.17. The molecule has 0 aromatic rings. The summed E-state index contributed by atoms with van der Waals surface area (Å²) in [6.45, 7) is 5.13. The molecule has 1 aliphatic carbocycles. The van der Waals surface area contributed by atoms with E-state index in [9.17, 15) is 4.79 Å². The monoisotopic (exact) mass is 239 g/mol. The number of hydrogen-bond donors (Lipinski definition) is 2. The van der Waals surface area contributed by atoms with Gasteiger partial charge in [0, 0.05) is 18.6 Å². The molecular formula is C13H25N3O. The lowest BCUT2D eigenvalue weighted by Gasteiger charge is -2.26. The summed E-state index contributed by atoms with van der Waals surface area (Å²) >= 11 is 0. The predicted octanol–water partition coefficient (Wildman–Crippen LogP) is 0.592. The maximum absolute atomic E-state index is 12.1. The van der Waals surface area contributed by atoms with Gasteiger partial charge in [0.25, 0.3) is 0 Å². The number of hydrogen-bond acceptors (Lipinski definition) is 3. The molecule has 0 saturated carbocycles. The van der Waals surface area contributed by atoms with Crippen molar-refractivity contribution < 1.29 is 4.79 Å². The van der Waals surface area contributed by atoms with Crippen LogP contribution in [0.3, 0.4) is 0 Å². The number of carbonyl (C=O) groups is 1. The standard InChI is InChI=1S/C13H25N3O/c1-9(2)12(8-16(3)4)15-13(17)10-5-6-11(14)7-10/h5-6,9-12H,7-8,14H2,1-4H3,(H,15,17). The molecule has 0 aliphatic heterocycles. The van der Waals surface area contributed by atoms with E-state index >= 15 is 0 Å². The molecule has 4 nitrogen and oxygen atoms in total. The number of nitrogens with two attached hydrogens (primary N) is 1. The van der Waals surface area contributed by atoms with Crippen molar-refractivity contribution in [2.75, 3.05) is 20.6 Å². The van der Waals surface area contributed by atoms with Crippen molar-refractivity contribution >= 4 is 5.91 Å². The van der Waals surface area contributed by atoms with Gasteiger partial charge < -0.3 is 16.0 Å². The van der Waals surface area contributed by atoms with Crippen LogP contribution in [0.25, 0.3) is 0 Å². The van der Waals surface area contributed by atoms with Crippen LogP contribution >= 0.6 is 0 Å². The molecule has 0 radical (unpaired) electrons. The smallest absolute Gasteiger partial charge is 0.227 e. The average Bonchev–Trinajstić information content (AvgIpc) is 2.63. The maximum atomic E-state index is 12.1. The fourth-order valence-electron chi connectivity index (χ4n) is 2.03. The van der Waals surface area contributed by atoms with Gasteiger partial charge in [0.1, 0.15) is 0 Å². The molecule has 17 heavy (non-hydrogen) atoms. The fraction of sp³-hybridized carbons (Fsp3) is 0.769. The van der Waals surface area contributed by atoms with Crippen molar-refractivity contribution in [3.63, 3.8) is 0 Å². The van der Waals surface area contributed by atoms with Gasteiger partial charge in [-0.15, -0.1) is 0 Å². The number of nitrogens with zero attached hydrogens (tertiary/aromatic N) is 1. The third kappa shape index (κ3) is 4.48. The van der Waals surface area contributed by atoms with Crippen molar-refractivity contribution in [3.05, 3.63) is 12.2 Å². The Bertz CT molecular complexity index is 286. The molecule has 0 bridgehead atoms. The number of carbonyl (C=O) groups excluding carboxylic acids is 1. The molecular weight excluding hydrogens is 214 g/mol. The summed E-state index contributed by atoms with van der Waals surface area (Å²) in [6.07, 6.45) is 4.58. The molecule has 0 aromatic heterocycles. The first-order chi connectivity index (χ1) is 7.90. The molecule has 0 heterocycles. The molecule has 0 fully saturated rings. The minimum atomic E-state index is -0.0478. The summed E-state index contributed by atoms with van der Waals surface area (Å²) in [5, 5.41) is 3.12. The summed E-state index contributed by atoms with van der Waals surface area (Å²) < 4.78 is 0. The van der Waals surface area contributed by atoms with Crippen LogP contribution in [0.15, 0.2) is 12.2 Å². The topological polar surface area (TPSA) is 58.4 Å². The van der Waals surface area contributed by atoms with Crippen molar-refractivity contribution in [1.82, 2.24) is 10.2 Å². The van der Waals surface area contributed by atoms with Crippen molar-refractivity contribution in [2.24, 2.45) is 17.6 Å². The van der Waals surface area contributed by atoms with Gasteiger partial charge in [-0.3, -0.25) is 4.79 Å². The number of amides is 1. The fourth-order valence-corrected chi connectivity index (χ4v) is 2.03. The molecule has 1 amide bonds. The maximum Gasteiger partial charge on any atom is 0.227 e. The Labute approximate surface area is 104 Å². The second-order valence-electron chi connectivity index (χ2n) is 5.51. The van der Waals surface area contributed by atoms with E-state index in [0.717, 1.165) is 13.0 Å².